The molecule has 3 heterocycles. The van der Waals surface area contributed by atoms with Crippen LogP contribution in [0.4, 0.5) is 15.9 Å². The summed E-state index contributed by atoms with van der Waals surface area (Å²) < 4.78 is 15.2. The topological polar surface area (TPSA) is 86.2 Å². The molecule has 2 aromatic heterocycles. The number of tetrazole rings is 1. The summed E-state index contributed by atoms with van der Waals surface area (Å²) in [4.78, 5) is 4.14. The molecule has 1 saturated heterocycles. The number of halogens is 1. The van der Waals surface area contributed by atoms with Crippen LogP contribution in [0.25, 0.3) is 5.65 Å². The maximum absolute atomic E-state index is 13.8. The average molecular weight is 324 g/mol. The van der Waals surface area contributed by atoms with Gasteiger partial charge in [0.2, 0.25) is 0 Å². The maximum atomic E-state index is 13.8. The van der Waals surface area contributed by atoms with E-state index in [0.29, 0.717) is 37.5 Å². The number of nitrogens with zero attached hydrogens (tertiary/aromatic N) is 8. The first kappa shape index (κ1) is 14.3. The van der Waals surface area contributed by atoms with Crippen molar-refractivity contribution in [2.24, 2.45) is 0 Å². The highest BCUT2D eigenvalue weighted by molar-refractivity contribution is 5.61. The Bertz CT molecular complexity index is 923. The third-order valence-electron chi connectivity index (χ3n) is 4.10. The molecule has 0 aliphatic carbocycles. The third kappa shape index (κ3) is 2.38. The summed E-state index contributed by atoms with van der Waals surface area (Å²) >= 11 is 0. The van der Waals surface area contributed by atoms with E-state index in [2.05, 4.69) is 25.5 Å². The second kappa shape index (κ2) is 5.73. The molecule has 0 amide bonds. The molecule has 0 N–H and O–H groups in total. The predicted molar refractivity (Wildman–Crippen MR) is 84.1 cm³/mol. The molecule has 0 bridgehead atoms. The first-order valence-corrected chi connectivity index (χ1v) is 7.50. The van der Waals surface area contributed by atoms with Crippen LogP contribution < -0.4 is 9.80 Å². The molecule has 0 unspecified atom stereocenters. The van der Waals surface area contributed by atoms with Gasteiger partial charge in [0.1, 0.15) is 17.4 Å². The van der Waals surface area contributed by atoms with Crippen LogP contribution in [0.1, 0.15) is 5.56 Å². The molecule has 1 aromatic carbocycles. The standard InChI is InChI=1S/C15H13FN8/c16-12-2-1-3-13(11(12)10-17)22-6-8-23(9-7-22)15-5-4-14-18-20-21-24(14)19-15/h1-5H,6-9H2. The number of nitriles is 1. The van der Waals surface area contributed by atoms with E-state index in [0.717, 1.165) is 5.82 Å². The highest BCUT2D eigenvalue weighted by Gasteiger charge is 2.22. The Hall–Kier alpha value is -3.28. The molecule has 9 heteroatoms. The molecular weight excluding hydrogens is 311 g/mol. The van der Waals surface area contributed by atoms with Crippen LogP contribution in [-0.4, -0.2) is 51.4 Å². The van der Waals surface area contributed by atoms with E-state index < -0.39 is 5.82 Å². The molecule has 1 aliphatic heterocycles. The Labute approximate surface area is 136 Å². The zero-order valence-electron chi connectivity index (χ0n) is 12.7. The molecule has 0 atom stereocenters. The van der Waals surface area contributed by atoms with Crippen molar-refractivity contribution < 1.29 is 4.39 Å². The van der Waals surface area contributed by atoms with Crippen LogP contribution in [-0.2, 0) is 0 Å². The van der Waals surface area contributed by atoms with Gasteiger partial charge in [-0.1, -0.05) is 6.07 Å². The zero-order chi connectivity index (χ0) is 16.5. The first-order chi connectivity index (χ1) is 11.8. The second-order valence-electron chi connectivity index (χ2n) is 5.44. The van der Waals surface area contributed by atoms with Crippen LogP contribution in [0.2, 0.25) is 0 Å². The summed E-state index contributed by atoms with van der Waals surface area (Å²) in [5.41, 5.74) is 1.33. The lowest BCUT2D eigenvalue weighted by Crippen LogP contribution is -2.47. The SMILES string of the molecule is N#Cc1c(F)cccc1N1CCN(c2ccc3nnnn3n2)CC1. The van der Waals surface area contributed by atoms with E-state index >= 15 is 0 Å². The summed E-state index contributed by atoms with van der Waals surface area (Å²) in [6.07, 6.45) is 0. The Morgan fingerprint density at radius 2 is 1.83 bits per heavy atom. The second-order valence-corrected chi connectivity index (χ2v) is 5.44. The van der Waals surface area contributed by atoms with Gasteiger partial charge in [0, 0.05) is 26.2 Å². The van der Waals surface area contributed by atoms with E-state index in [4.69, 9.17) is 0 Å². The van der Waals surface area contributed by atoms with Crippen LogP contribution in [0.5, 0.6) is 0 Å². The summed E-state index contributed by atoms with van der Waals surface area (Å²) in [6.45, 7) is 2.77. The molecule has 8 nitrogen and oxygen atoms in total. The van der Waals surface area contributed by atoms with Crippen molar-refractivity contribution in [2.75, 3.05) is 36.0 Å². The fourth-order valence-electron chi connectivity index (χ4n) is 2.87. The molecular formula is C15H13FN8. The minimum Gasteiger partial charge on any atom is -0.367 e. The smallest absolute Gasteiger partial charge is 0.200 e. The van der Waals surface area contributed by atoms with Gasteiger partial charge in [-0.05, 0) is 34.7 Å². The zero-order valence-corrected chi connectivity index (χ0v) is 12.7. The van der Waals surface area contributed by atoms with Gasteiger partial charge >= 0.3 is 0 Å². The molecule has 0 saturated carbocycles. The predicted octanol–water partition coefficient (Wildman–Crippen LogP) is 0.857. The Morgan fingerprint density at radius 1 is 1.04 bits per heavy atom. The third-order valence-corrected chi connectivity index (χ3v) is 4.10. The van der Waals surface area contributed by atoms with Crippen molar-refractivity contribution in [2.45, 2.75) is 0 Å². The van der Waals surface area contributed by atoms with Gasteiger partial charge in [0.15, 0.2) is 11.5 Å². The summed E-state index contributed by atoms with van der Waals surface area (Å²) in [5.74, 6) is 0.303. The Kier molecular flexibility index (Phi) is 3.42. The van der Waals surface area contributed by atoms with Gasteiger partial charge in [-0.3, -0.25) is 0 Å². The van der Waals surface area contributed by atoms with Gasteiger partial charge < -0.3 is 9.80 Å². The number of fused-ring (bicyclic) bond motifs is 1. The maximum Gasteiger partial charge on any atom is 0.200 e. The van der Waals surface area contributed by atoms with E-state index in [1.54, 1.807) is 12.1 Å². The minimum absolute atomic E-state index is 0.0965. The number of hydrogen-bond acceptors (Lipinski definition) is 7. The molecule has 4 rings (SSSR count). The quantitative estimate of drug-likeness (QED) is 0.691. The number of hydrogen-bond donors (Lipinski definition) is 0. The van der Waals surface area contributed by atoms with Crippen LogP contribution in [0.3, 0.4) is 0 Å². The van der Waals surface area contributed by atoms with E-state index in [1.165, 1.54) is 10.7 Å². The van der Waals surface area contributed by atoms with Gasteiger partial charge in [-0.25, -0.2) is 4.39 Å². The molecule has 0 spiro atoms. The lowest BCUT2D eigenvalue weighted by Gasteiger charge is -2.36. The number of rotatable bonds is 2. The highest BCUT2D eigenvalue weighted by Crippen LogP contribution is 2.24. The average Bonchev–Trinajstić information content (AvgIpc) is 3.09. The van der Waals surface area contributed by atoms with Crippen LogP contribution >= 0.6 is 0 Å². The highest BCUT2D eigenvalue weighted by atomic mass is 19.1. The van der Waals surface area contributed by atoms with Gasteiger partial charge in [0.05, 0.1) is 5.69 Å². The van der Waals surface area contributed by atoms with Crippen molar-refractivity contribution in [1.82, 2.24) is 25.3 Å². The Balaban J connectivity index is 1.53. The van der Waals surface area contributed by atoms with E-state index in [-0.39, 0.29) is 5.56 Å². The summed E-state index contributed by atoms with van der Waals surface area (Å²) in [6, 6.07) is 10.4. The van der Waals surface area contributed by atoms with Crippen molar-refractivity contribution in [3.05, 3.63) is 41.7 Å². The normalized spacial score (nSPS) is 14.8. The van der Waals surface area contributed by atoms with E-state index in [1.807, 2.05) is 23.1 Å². The summed E-state index contributed by atoms with van der Waals surface area (Å²) in [7, 11) is 0. The molecule has 3 aromatic rings. The minimum atomic E-state index is -0.483. The van der Waals surface area contributed by atoms with Crippen LogP contribution in [0.15, 0.2) is 30.3 Å². The van der Waals surface area contributed by atoms with Gasteiger partial charge in [-0.2, -0.15) is 5.26 Å². The fraction of sp³-hybridized carbons (Fsp3) is 0.267. The van der Waals surface area contributed by atoms with E-state index in [9.17, 15) is 9.65 Å². The van der Waals surface area contributed by atoms with Crippen molar-refractivity contribution in [3.8, 4) is 6.07 Å². The lowest BCUT2D eigenvalue weighted by atomic mass is 10.1. The van der Waals surface area contributed by atoms with Gasteiger partial charge in [-0.15, -0.1) is 14.8 Å². The lowest BCUT2D eigenvalue weighted by molar-refractivity contribution is 0.612. The van der Waals surface area contributed by atoms with Crippen molar-refractivity contribution in [1.29, 1.82) is 5.26 Å². The first-order valence-electron chi connectivity index (χ1n) is 7.50. The number of anilines is 2. The monoisotopic (exact) mass is 324 g/mol. The van der Waals surface area contributed by atoms with Crippen molar-refractivity contribution in [3.63, 3.8) is 0 Å². The number of piperazine rings is 1. The number of aromatic nitrogens is 5. The molecule has 1 fully saturated rings. The number of benzene rings is 1. The van der Waals surface area contributed by atoms with Gasteiger partial charge in [0.25, 0.3) is 0 Å². The molecule has 1 aliphatic rings. The van der Waals surface area contributed by atoms with Crippen molar-refractivity contribution >= 4 is 17.2 Å². The summed E-state index contributed by atoms with van der Waals surface area (Å²) in [5, 5.41) is 24.8. The Morgan fingerprint density at radius 3 is 2.62 bits per heavy atom. The fourth-order valence-corrected chi connectivity index (χ4v) is 2.87. The molecule has 24 heavy (non-hydrogen) atoms. The molecule has 120 valence electrons. The largest absolute Gasteiger partial charge is 0.367 e. The van der Waals surface area contributed by atoms with Crippen LogP contribution in [0, 0.1) is 17.1 Å². The molecule has 0 radical (unpaired) electrons.